The summed E-state index contributed by atoms with van der Waals surface area (Å²) in [6.07, 6.45) is 3.83. The summed E-state index contributed by atoms with van der Waals surface area (Å²) in [4.78, 5) is 25.9. The van der Waals surface area contributed by atoms with E-state index in [1.807, 2.05) is 13.8 Å². The fourth-order valence-electron chi connectivity index (χ4n) is 3.27. The van der Waals surface area contributed by atoms with Gasteiger partial charge in [0.2, 0.25) is 0 Å². The molecule has 1 heterocycles. The maximum absolute atomic E-state index is 12.2. The third-order valence-corrected chi connectivity index (χ3v) is 4.14. The molecule has 2 unspecified atom stereocenters. The van der Waals surface area contributed by atoms with Gasteiger partial charge in [-0.2, -0.15) is 0 Å². The van der Waals surface area contributed by atoms with E-state index in [0.717, 1.165) is 25.7 Å². The lowest BCUT2D eigenvalue weighted by Crippen LogP contribution is -2.53. The van der Waals surface area contributed by atoms with E-state index < -0.39 is 5.54 Å². The SMILES string of the molecule is CC1CCCC2(C1)C(=O)NC(=O)N2CCOC(C)C. The van der Waals surface area contributed by atoms with E-state index in [0.29, 0.717) is 19.1 Å². The molecule has 1 aliphatic carbocycles. The number of imide groups is 1. The Balaban J connectivity index is 2.09. The molecular weight excluding hydrogens is 244 g/mol. The maximum Gasteiger partial charge on any atom is 0.325 e. The second kappa shape index (κ2) is 5.49. The maximum atomic E-state index is 12.2. The average molecular weight is 268 g/mol. The quantitative estimate of drug-likeness (QED) is 0.792. The van der Waals surface area contributed by atoms with Crippen molar-refractivity contribution in [2.24, 2.45) is 5.92 Å². The molecule has 0 aromatic heterocycles. The molecule has 5 nitrogen and oxygen atoms in total. The second-order valence-electron chi connectivity index (χ2n) is 6.06. The summed E-state index contributed by atoms with van der Waals surface area (Å²) in [6, 6.07) is -0.258. The van der Waals surface area contributed by atoms with Crippen molar-refractivity contribution in [1.82, 2.24) is 10.2 Å². The highest BCUT2D eigenvalue weighted by molar-refractivity contribution is 6.07. The van der Waals surface area contributed by atoms with Crippen LogP contribution in [-0.4, -0.2) is 41.6 Å². The minimum absolute atomic E-state index is 0.117. The average Bonchev–Trinajstić information content (AvgIpc) is 2.53. The summed E-state index contributed by atoms with van der Waals surface area (Å²) in [7, 11) is 0. The van der Waals surface area contributed by atoms with Crippen LogP contribution in [0.2, 0.25) is 0 Å². The van der Waals surface area contributed by atoms with Gasteiger partial charge in [0.05, 0.1) is 12.7 Å². The van der Waals surface area contributed by atoms with Gasteiger partial charge in [0, 0.05) is 6.54 Å². The molecule has 1 saturated heterocycles. The van der Waals surface area contributed by atoms with E-state index in [2.05, 4.69) is 12.2 Å². The van der Waals surface area contributed by atoms with Crippen molar-refractivity contribution in [3.05, 3.63) is 0 Å². The molecular formula is C14H24N2O3. The van der Waals surface area contributed by atoms with Crippen LogP contribution in [0.4, 0.5) is 4.79 Å². The highest BCUT2D eigenvalue weighted by Gasteiger charge is 2.53. The zero-order chi connectivity index (χ0) is 14.0. The Labute approximate surface area is 114 Å². The van der Waals surface area contributed by atoms with E-state index in [-0.39, 0.29) is 18.0 Å². The fraction of sp³-hybridized carbons (Fsp3) is 0.857. The number of hydrogen-bond acceptors (Lipinski definition) is 3. The van der Waals surface area contributed by atoms with Crippen LogP contribution in [0.25, 0.3) is 0 Å². The van der Waals surface area contributed by atoms with Crippen molar-refractivity contribution in [2.75, 3.05) is 13.2 Å². The molecule has 2 fully saturated rings. The summed E-state index contributed by atoms with van der Waals surface area (Å²) in [6.45, 7) is 7.05. The van der Waals surface area contributed by atoms with Crippen molar-refractivity contribution >= 4 is 11.9 Å². The summed E-state index contributed by atoms with van der Waals surface area (Å²) in [5, 5.41) is 2.48. The number of nitrogens with zero attached hydrogens (tertiary/aromatic N) is 1. The van der Waals surface area contributed by atoms with Crippen LogP contribution in [-0.2, 0) is 9.53 Å². The third-order valence-electron chi connectivity index (χ3n) is 4.14. The number of carbonyl (C=O) groups excluding carboxylic acids is 2. The molecule has 1 aliphatic heterocycles. The number of carbonyl (C=O) groups is 2. The Hall–Kier alpha value is -1.10. The molecule has 108 valence electrons. The van der Waals surface area contributed by atoms with Gasteiger partial charge < -0.3 is 9.64 Å². The number of hydrogen-bond donors (Lipinski definition) is 1. The molecule has 3 amide bonds. The third kappa shape index (κ3) is 2.76. The van der Waals surface area contributed by atoms with Crippen LogP contribution >= 0.6 is 0 Å². The van der Waals surface area contributed by atoms with Gasteiger partial charge in [-0.1, -0.05) is 19.8 Å². The number of amides is 3. The first-order valence-corrected chi connectivity index (χ1v) is 7.20. The lowest BCUT2D eigenvalue weighted by atomic mass is 9.75. The molecule has 19 heavy (non-hydrogen) atoms. The molecule has 2 aliphatic rings. The lowest BCUT2D eigenvalue weighted by Gasteiger charge is -2.40. The van der Waals surface area contributed by atoms with E-state index in [4.69, 9.17) is 4.74 Å². The van der Waals surface area contributed by atoms with Crippen LogP contribution in [0.3, 0.4) is 0 Å². The lowest BCUT2D eigenvalue weighted by molar-refractivity contribution is -0.129. The highest BCUT2D eigenvalue weighted by Crippen LogP contribution is 2.39. The zero-order valence-electron chi connectivity index (χ0n) is 12.1. The van der Waals surface area contributed by atoms with Crippen molar-refractivity contribution in [1.29, 1.82) is 0 Å². The fourth-order valence-corrected chi connectivity index (χ4v) is 3.27. The van der Waals surface area contributed by atoms with Gasteiger partial charge in [-0.15, -0.1) is 0 Å². The van der Waals surface area contributed by atoms with Crippen LogP contribution in [0.5, 0.6) is 0 Å². The Morgan fingerprint density at radius 2 is 2.21 bits per heavy atom. The second-order valence-corrected chi connectivity index (χ2v) is 6.06. The molecule has 0 aromatic carbocycles. The minimum atomic E-state index is -0.616. The number of rotatable bonds is 4. The molecule has 2 atom stereocenters. The molecule has 5 heteroatoms. The predicted octanol–water partition coefficient (Wildman–Crippen LogP) is 1.91. The number of urea groups is 1. The normalized spacial score (nSPS) is 31.4. The molecule has 0 bridgehead atoms. The van der Waals surface area contributed by atoms with Gasteiger partial charge in [0.25, 0.3) is 5.91 Å². The summed E-state index contributed by atoms with van der Waals surface area (Å²) < 4.78 is 5.52. The monoisotopic (exact) mass is 268 g/mol. The molecule has 1 N–H and O–H groups in total. The molecule has 0 aromatic rings. The summed E-state index contributed by atoms with van der Waals surface area (Å²) in [5.74, 6) is 0.368. The summed E-state index contributed by atoms with van der Waals surface area (Å²) >= 11 is 0. The van der Waals surface area contributed by atoms with Gasteiger partial charge in [0.15, 0.2) is 0 Å². The Morgan fingerprint density at radius 3 is 2.84 bits per heavy atom. The van der Waals surface area contributed by atoms with Crippen molar-refractivity contribution in [3.8, 4) is 0 Å². The Bertz CT molecular complexity index is 370. The zero-order valence-corrected chi connectivity index (χ0v) is 12.1. The van der Waals surface area contributed by atoms with Gasteiger partial charge >= 0.3 is 6.03 Å². The topological polar surface area (TPSA) is 58.6 Å². The number of nitrogens with one attached hydrogen (secondary N) is 1. The van der Waals surface area contributed by atoms with E-state index >= 15 is 0 Å². The first-order chi connectivity index (χ1) is 8.95. The Kier molecular flexibility index (Phi) is 4.13. The van der Waals surface area contributed by atoms with Crippen LogP contribution in [0.1, 0.15) is 46.5 Å². The van der Waals surface area contributed by atoms with Crippen LogP contribution in [0, 0.1) is 5.92 Å². The van der Waals surface area contributed by atoms with Crippen molar-refractivity contribution in [3.63, 3.8) is 0 Å². The molecule has 1 spiro atoms. The first-order valence-electron chi connectivity index (χ1n) is 7.20. The van der Waals surface area contributed by atoms with Crippen molar-refractivity contribution in [2.45, 2.75) is 58.1 Å². The summed E-state index contributed by atoms with van der Waals surface area (Å²) in [5.41, 5.74) is -0.616. The van der Waals surface area contributed by atoms with Crippen LogP contribution in [0.15, 0.2) is 0 Å². The molecule has 1 saturated carbocycles. The van der Waals surface area contributed by atoms with Gasteiger partial charge in [-0.3, -0.25) is 10.1 Å². The van der Waals surface area contributed by atoms with Crippen molar-refractivity contribution < 1.29 is 14.3 Å². The van der Waals surface area contributed by atoms with E-state index in [1.54, 1.807) is 4.90 Å². The first kappa shape index (κ1) is 14.3. The van der Waals surface area contributed by atoms with Gasteiger partial charge in [-0.05, 0) is 32.6 Å². The minimum Gasteiger partial charge on any atom is -0.377 e. The van der Waals surface area contributed by atoms with E-state index in [1.165, 1.54) is 0 Å². The van der Waals surface area contributed by atoms with E-state index in [9.17, 15) is 9.59 Å². The Morgan fingerprint density at radius 1 is 1.47 bits per heavy atom. The largest absolute Gasteiger partial charge is 0.377 e. The predicted molar refractivity (Wildman–Crippen MR) is 71.7 cm³/mol. The highest BCUT2D eigenvalue weighted by atomic mass is 16.5. The van der Waals surface area contributed by atoms with Gasteiger partial charge in [0.1, 0.15) is 5.54 Å². The molecule has 2 rings (SSSR count). The number of ether oxygens (including phenoxy) is 1. The molecule has 0 radical (unpaired) electrons. The van der Waals surface area contributed by atoms with Gasteiger partial charge in [-0.25, -0.2) is 4.79 Å². The smallest absolute Gasteiger partial charge is 0.325 e. The van der Waals surface area contributed by atoms with Crippen LogP contribution < -0.4 is 5.32 Å². The standard InChI is InChI=1S/C14H24N2O3/c1-10(2)19-8-7-16-13(18)15-12(17)14(16)6-4-5-11(3)9-14/h10-11H,4-9H2,1-3H3,(H,15,17,18).